The van der Waals surface area contributed by atoms with Gasteiger partial charge >= 0.3 is 0 Å². The lowest BCUT2D eigenvalue weighted by molar-refractivity contribution is -0.134. The van der Waals surface area contributed by atoms with E-state index in [1.165, 1.54) is 0 Å². The molecule has 1 atom stereocenters. The summed E-state index contributed by atoms with van der Waals surface area (Å²) >= 11 is 0. The third kappa shape index (κ3) is 5.30. The topological polar surface area (TPSA) is 78.7 Å². The van der Waals surface area contributed by atoms with Gasteiger partial charge < -0.3 is 16.0 Å². The SMILES string of the molecule is C=CCNC(=O)CN1CCN(C(=O)[C@H](N)CCC)CC1. The molecule has 1 aliphatic rings. The number of carbonyl (C=O) groups excluding carboxylic acids is 2. The van der Waals surface area contributed by atoms with Gasteiger partial charge in [-0.15, -0.1) is 6.58 Å². The number of rotatable bonds is 7. The van der Waals surface area contributed by atoms with E-state index in [0.717, 1.165) is 12.8 Å². The fraction of sp³-hybridized carbons (Fsp3) is 0.714. The van der Waals surface area contributed by atoms with Gasteiger partial charge in [0.25, 0.3) is 0 Å². The summed E-state index contributed by atoms with van der Waals surface area (Å²) in [5.41, 5.74) is 5.85. The number of piperazine rings is 1. The smallest absolute Gasteiger partial charge is 0.239 e. The lowest BCUT2D eigenvalue weighted by Crippen LogP contribution is -2.54. The molecule has 1 heterocycles. The third-order valence-electron chi connectivity index (χ3n) is 3.41. The van der Waals surface area contributed by atoms with Crippen LogP contribution in [0.1, 0.15) is 19.8 Å². The number of nitrogens with zero attached hydrogens (tertiary/aromatic N) is 2. The Morgan fingerprint density at radius 3 is 2.55 bits per heavy atom. The molecule has 0 saturated carbocycles. The highest BCUT2D eigenvalue weighted by Crippen LogP contribution is 2.05. The van der Waals surface area contributed by atoms with Crippen molar-refractivity contribution in [2.75, 3.05) is 39.3 Å². The van der Waals surface area contributed by atoms with Crippen LogP contribution in [-0.4, -0.2) is 66.9 Å². The van der Waals surface area contributed by atoms with Crippen molar-refractivity contribution in [3.63, 3.8) is 0 Å². The maximum atomic E-state index is 12.1. The van der Waals surface area contributed by atoms with Crippen molar-refractivity contribution in [1.82, 2.24) is 15.1 Å². The Balaban J connectivity index is 2.30. The minimum Gasteiger partial charge on any atom is -0.352 e. The van der Waals surface area contributed by atoms with E-state index in [4.69, 9.17) is 5.73 Å². The van der Waals surface area contributed by atoms with E-state index in [1.54, 1.807) is 11.0 Å². The minimum absolute atomic E-state index is 0.00707. The molecule has 3 N–H and O–H groups in total. The Bertz CT molecular complexity index is 338. The van der Waals surface area contributed by atoms with Crippen LogP contribution in [0.4, 0.5) is 0 Å². The van der Waals surface area contributed by atoms with Gasteiger partial charge in [-0.1, -0.05) is 19.4 Å². The molecule has 20 heavy (non-hydrogen) atoms. The lowest BCUT2D eigenvalue weighted by Gasteiger charge is -2.35. The number of hydrogen-bond acceptors (Lipinski definition) is 4. The van der Waals surface area contributed by atoms with E-state index in [-0.39, 0.29) is 17.9 Å². The average molecular weight is 282 g/mol. The van der Waals surface area contributed by atoms with E-state index in [9.17, 15) is 9.59 Å². The summed E-state index contributed by atoms with van der Waals surface area (Å²) in [7, 11) is 0. The Kier molecular flexibility index (Phi) is 7.25. The van der Waals surface area contributed by atoms with Crippen LogP contribution in [0.2, 0.25) is 0 Å². The van der Waals surface area contributed by atoms with Gasteiger partial charge in [-0.3, -0.25) is 14.5 Å². The Morgan fingerprint density at radius 2 is 2.00 bits per heavy atom. The van der Waals surface area contributed by atoms with E-state index in [0.29, 0.717) is 39.3 Å². The quantitative estimate of drug-likeness (QED) is 0.621. The average Bonchev–Trinajstić information content (AvgIpc) is 2.45. The van der Waals surface area contributed by atoms with Crippen LogP contribution in [0.5, 0.6) is 0 Å². The van der Waals surface area contributed by atoms with E-state index < -0.39 is 0 Å². The summed E-state index contributed by atoms with van der Waals surface area (Å²) in [6.45, 7) is 9.15. The number of amides is 2. The normalized spacial score (nSPS) is 17.6. The fourth-order valence-electron chi connectivity index (χ4n) is 2.24. The zero-order chi connectivity index (χ0) is 15.0. The first-order valence-electron chi connectivity index (χ1n) is 7.22. The molecule has 0 aromatic heterocycles. The summed E-state index contributed by atoms with van der Waals surface area (Å²) in [5, 5.41) is 2.75. The molecule has 0 unspecified atom stereocenters. The maximum Gasteiger partial charge on any atom is 0.239 e. The molecule has 1 aliphatic heterocycles. The standard InChI is InChI=1S/C14H26N4O2/c1-3-5-12(15)14(20)18-9-7-17(8-10-18)11-13(19)16-6-4-2/h4,12H,2-3,5-11,15H2,1H3,(H,16,19)/t12-/m1/s1. The molecule has 1 fully saturated rings. The van der Waals surface area contributed by atoms with Crippen molar-refractivity contribution in [1.29, 1.82) is 0 Å². The monoisotopic (exact) mass is 282 g/mol. The van der Waals surface area contributed by atoms with Gasteiger partial charge in [0, 0.05) is 32.7 Å². The van der Waals surface area contributed by atoms with Crippen molar-refractivity contribution in [3.8, 4) is 0 Å². The van der Waals surface area contributed by atoms with Crippen molar-refractivity contribution in [3.05, 3.63) is 12.7 Å². The lowest BCUT2D eigenvalue weighted by atomic mass is 10.1. The number of nitrogens with one attached hydrogen (secondary N) is 1. The first-order chi connectivity index (χ1) is 9.58. The largest absolute Gasteiger partial charge is 0.352 e. The highest BCUT2D eigenvalue weighted by molar-refractivity contribution is 5.82. The molecular weight excluding hydrogens is 256 g/mol. The van der Waals surface area contributed by atoms with Crippen LogP contribution in [0.25, 0.3) is 0 Å². The predicted octanol–water partition coefficient (Wildman–Crippen LogP) is -0.440. The van der Waals surface area contributed by atoms with Crippen LogP contribution in [0, 0.1) is 0 Å². The molecule has 2 amide bonds. The first kappa shape index (κ1) is 16.7. The van der Waals surface area contributed by atoms with E-state index in [2.05, 4.69) is 11.9 Å². The van der Waals surface area contributed by atoms with Crippen LogP contribution < -0.4 is 11.1 Å². The number of nitrogens with two attached hydrogens (primary N) is 1. The highest BCUT2D eigenvalue weighted by Gasteiger charge is 2.25. The summed E-state index contributed by atoms with van der Waals surface area (Å²) in [6.07, 6.45) is 3.29. The molecule has 1 rings (SSSR count). The predicted molar refractivity (Wildman–Crippen MR) is 79.1 cm³/mol. The molecule has 6 heteroatoms. The van der Waals surface area contributed by atoms with Crippen LogP contribution >= 0.6 is 0 Å². The molecule has 0 aliphatic carbocycles. The summed E-state index contributed by atoms with van der Waals surface area (Å²) < 4.78 is 0. The molecule has 0 aromatic rings. The van der Waals surface area contributed by atoms with Gasteiger partial charge in [0.05, 0.1) is 12.6 Å². The number of carbonyl (C=O) groups is 2. The Morgan fingerprint density at radius 1 is 1.35 bits per heavy atom. The maximum absolute atomic E-state index is 12.1. The Hall–Kier alpha value is -1.40. The van der Waals surface area contributed by atoms with Crippen LogP contribution in [-0.2, 0) is 9.59 Å². The van der Waals surface area contributed by atoms with Gasteiger partial charge in [-0.2, -0.15) is 0 Å². The van der Waals surface area contributed by atoms with Crippen LogP contribution in [0.15, 0.2) is 12.7 Å². The van der Waals surface area contributed by atoms with Crippen molar-refractivity contribution in [2.45, 2.75) is 25.8 Å². The van der Waals surface area contributed by atoms with E-state index in [1.807, 2.05) is 11.8 Å². The van der Waals surface area contributed by atoms with Gasteiger partial charge in [0.15, 0.2) is 0 Å². The molecular formula is C14H26N4O2. The molecule has 0 radical (unpaired) electrons. The second-order valence-corrected chi connectivity index (χ2v) is 5.09. The highest BCUT2D eigenvalue weighted by atomic mass is 16.2. The summed E-state index contributed by atoms with van der Waals surface area (Å²) in [4.78, 5) is 27.5. The zero-order valence-electron chi connectivity index (χ0n) is 12.3. The van der Waals surface area contributed by atoms with Crippen LogP contribution in [0.3, 0.4) is 0 Å². The fourth-order valence-corrected chi connectivity index (χ4v) is 2.24. The minimum atomic E-state index is -0.387. The number of hydrogen-bond donors (Lipinski definition) is 2. The zero-order valence-corrected chi connectivity index (χ0v) is 12.3. The molecule has 0 aromatic carbocycles. The third-order valence-corrected chi connectivity index (χ3v) is 3.41. The van der Waals surface area contributed by atoms with Gasteiger partial charge in [-0.05, 0) is 6.42 Å². The van der Waals surface area contributed by atoms with Crippen molar-refractivity contribution in [2.24, 2.45) is 5.73 Å². The van der Waals surface area contributed by atoms with Gasteiger partial charge in [-0.25, -0.2) is 0 Å². The Labute approximate surface area is 121 Å². The molecule has 0 spiro atoms. The summed E-state index contributed by atoms with van der Waals surface area (Å²) in [6, 6.07) is -0.387. The van der Waals surface area contributed by atoms with Gasteiger partial charge in [0.1, 0.15) is 0 Å². The second-order valence-electron chi connectivity index (χ2n) is 5.09. The van der Waals surface area contributed by atoms with Crippen molar-refractivity contribution >= 4 is 11.8 Å². The van der Waals surface area contributed by atoms with Gasteiger partial charge in [0.2, 0.25) is 11.8 Å². The molecule has 0 bridgehead atoms. The second kappa shape index (κ2) is 8.71. The molecule has 1 saturated heterocycles. The molecule has 6 nitrogen and oxygen atoms in total. The van der Waals surface area contributed by atoms with E-state index >= 15 is 0 Å². The first-order valence-corrected chi connectivity index (χ1v) is 7.22. The summed E-state index contributed by atoms with van der Waals surface area (Å²) in [5.74, 6) is 0.0231. The molecule has 114 valence electrons. The van der Waals surface area contributed by atoms with Crippen molar-refractivity contribution < 1.29 is 9.59 Å².